The van der Waals surface area contributed by atoms with Crippen LogP contribution in [0.5, 0.6) is 5.75 Å². The Labute approximate surface area is 128 Å². The lowest BCUT2D eigenvalue weighted by atomic mass is 10.0. The number of fused-ring (bicyclic) bond motifs is 1. The van der Waals surface area contributed by atoms with E-state index < -0.39 is 11.4 Å². The molecule has 1 aliphatic rings. The molecular formula is C14H10FN3O3S. The van der Waals surface area contributed by atoms with Gasteiger partial charge in [0.25, 0.3) is 5.56 Å². The molecule has 112 valence electrons. The molecule has 3 rings (SSSR count). The summed E-state index contributed by atoms with van der Waals surface area (Å²) in [5.74, 6) is -0.131. The smallest absolute Gasteiger partial charge is 0.270 e. The molecule has 0 saturated heterocycles. The van der Waals surface area contributed by atoms with E-state index in [0.717, 1.165) is 0 Å². The maximum Gasteiger partial charge on any atom is 0.270 e. The lowest BCUT2D eigenvalue weighted by Crippen LogP contribution is -2.17. The van der Waals surface area contributed by atoms with Crippen molar-refractivity contribution < 1.29 is 13.9 Å². The Kier molecular flexibility index (Phi) is 3.83. The van der Waals surface area contributed by atoms with Gasteiger partial charge in [-0.3, -0.25) is 4.79 Å². The van der Waals surface area contributed by atoms with Gasteiger partial charge in [0.2, 0.25) is 0 Å². The molecule has 0 spiro atoms. The quantitative estimate of drug-likeness (QED) is 0.673. The molecule has 0 aliphatic carbocycles. The van der Waals surface area contributed by atoms with Crippen LogP contribution < -0.4 is 10.3 Å². The highest BCUT2D eigenvalue weighted by atomic mass is 32.2. The monoisotopic (exact) mass is 319 g/mol. The van der Waals surface area contributed by atoms with Gasteiger partial charge in [-0.15, -0.1) is 0 Å². The van der Waals surface area contributed by atoms with Gasteiger partial charge in [-0.2, -0.15) is 5.26 Å². The molecule has 0 atom stereocenters. The van der Waals surface area contributed by atoms with Gasteiger partial charge < -0.3 is 14.5 Å². The molecule has 1 aliphatic heterocycles. The van der Waals surface area contributed by atoms with Crippen LogP contribution in [-0.2, 0) is 11.3 Å². The average Bonchev–Trinajstić information content (AvgIpc) is 2.53. The summed E-state index contributed by atoms with van der Waals surface area (Å²) < 4.78 is 24.4. The van der Waals surface area contributed by atoms with E-state index in [4.69, 9.17) is 9.47 Å². The van der Waals surface area contributed by atoms with E-state index in [0.29, 0.717) is 16.5 Å². The second-order valence-electron chi connectivity index (χ2n) is 4.46. The molecule has 0 unspecified atom stereocenters. The third kappa shape index (κ3) is 2.45. The van der Waals surface area contributed by atoms with E-state index >= 15 is 0 Å². The van der Waals surface area contributed by atoms with E-state index in [1.807, 2.05) is 6.07 Å². The number of H-pyrrole nitrogens is 1. The molecule has 8 heteroatoms. The SMILES string of the molecule is CSc1nc(-c2cc(F)cc3c2OCOC3)c(C#N)c(=O)[nH]1. The van der Waals surface area contributed by atoms with Crippen molar-refractivity contribution in [3.8, 4) is 23.1 Å². The van der Waals surface area contributed by atoms with Crippen molar-refractivity contribution in [1.82, 2.24) is 9.97 Å². The molecule has 2 heterocycles. The molecule has 2 aromatic rings. The fourth-order valence-corrected chi connectivity index (χ4v) is 2.58. The van der Waals surface area contributed by atoms with E-state index in [-0.39, 0.29) is 30.2 Å². The second kappa shape index (κ2) is 5.79. The minimum absolute atomic E-state index is 0.0199. The Hall–Kier alpha value is -2.37. The molecule has 22 heavy (non-hydrogen) atoms. The highest BCUT2D eigenvalue weighted by Gasteiger charge is 2.23. The molecule has 0 amide bonds. The summed E-state index contributed by atoms with van der Waals surface area (Å²) in [6.07, 6.45) is 1.74. The zero-order chi connectivity index (χ0) is 15.7. The van der Waals surface area contributed by atoms with Crippen LogP contribution in [0.1, 0.15) is 11.1 Å². The minimum Gasteiger partial charge on any atom is -0.466 e. The fraction of sp³-hybridized carbons (Fsp3) is 0.214. The van der Waals surface area contributed by atoms with Gasteiger partial charge in [0.05, 0.1) is 6.61 Å². The van der Waals surface area contributed by atoms with E-state index in [1.54, 1.807) is 6.26 Å². The van der Waals surface area contributed by atoms with Crippen LogP contribution in [0, 0.1) is 17.1 Å². The molecule has 0 saturated carbocycles. The first-order chi connectivity index (χ1) is 10.6. The van der Waals surface area contributed by atoms with Gasteiger partial charge in [-0.1, -0.05) is 11.8 Å². The van der Waals surface area contributed by atoms with Crippen molar-refractivity contribution in [2.24, 2.45) is 0 Å². The van der Waals surface area contributed by atoms with Crippen LogP contribution in [0.4, 0.5) is 4.39 Å². The van der Waals surface area contributed by atoms with Crippen LogP contribution in [0.25, 0.3) is 11.3 Å². The molecule has 1 aromatic carbocycles. The summed E-state index contributed by atoms with van der Waals surface area (Å²) in [6, 6.07) is 4.32. The van der Waals surface area contributed by atoms with Gasteiger partial charge in [-0.05, 0) is 18.4 Å². The zero-order valence-corrected chi connectivity index (χ0v) is 12.3. The van der Waals surface area contributed by atoms with Crippen molar-refractivity contribution in [3.63, 3.8) is 0 Å². The van der Waals surface area contributed by atoms with Crippen LogP contribution in [0.3, 0.4) is 0 Å². The summed E-state index contributed by atoms with van der Waals surface area (Å²) in [6.45, 7) is 0.215. The van der Waals surface area contributed by atoms with E-state index in [2.05, 4.69) is 9.97 Å². The third-order valence-electron chi connectivity index (χ3n) is 3.13. The minimum atomic E-state index is -0.568. The second-order valence-corrected chi connectivity index (χ2v) is 5.26. The standard InChI is InChI=1S/C14H10FN3O3S/c1-22-14-17-11(10(4-16)13(19)18-14)9-3-8(15)2-7-5-20-6-21-12(7)9/h2-3H,5-6H2,1H3,(H,17,18,19). The number of hydrogen-bond donors (Lipinski definition) is 1. The Morgan fingerprint density at radius 1 is 1.50 bits per heavy atom. The van der Waals surface area contributed by atoms with Crippen LogP contribution in [0.15, 0.2) is 22.1 Å². The first-order valence-electron chi connectivity index (χ1n) is 6.25. The maximum atomic E-state index is 13.8. The lowest BCUT2D eigenvalue weighted by molar-refractivity contribution is -0.0161. The molecule has 0 fully saturated rings. The largest absolute Gasteiger partial charge is 0.466 e. The number of nitriles is 1. The van der Waals surface area contributed by atoms with E-state index in [1.165, 1.54) is 23.9 Å². The van der Waals surface area contributed by atoms with Gasteiger partial charge in [-0.25, -0.2) is 9.37 Å². The normalized spacial score (nSPS) is 13.1. The molecule has 1 aromatic heterocycles. The fourth-order valence-electron chi connectivity index (χ4n) is 2.20. The number of hydrogen-bond acceptors (Lipinski definition) is 6. The molecular weight excluding hydrogens is 309 g/mol. The summed E-state index contributed by atoms with van der Waals surface area (Å²) >= 11 is 1.22. The highest BCUT2D eigenvalue weighted by molar-refractivity contribution is 7.98. The molecule has 1 N–H and O–H groups in total. The summed E-state index contributed by atoms with van der Waals surface area (Å²) in [5, 5.41) is 9.56. The topological polar surface area (TPSA) is 88.0 Å². The average molecular weight is 319 g/mol. The third-order valence-corrected chi connectivity index (χ3v) is 3.71. The lowest BCUT2D eigenvalue weighted by Gasteiger charge is -2.20. The highest BCUT2D eigenvalue weighted by Crippen LogP contribution is 2.36. The van der Waals surface area contributed by atoms with Gasteiger partial charge in [0, 0.05) is 11.1 Å². The van der Waals surface area contributed by atoms with Crippen LogP contribution in [0.2, 0.25) is 0 Å². The Bertz CT molecular complexity index is 844. The first-order valence-corrected chi connectivity index (χ1v) is 7.48. The van der Waals surface area contributed by atoms with Crippen molar-refractivity contribution in [3.05, 3.63) is 39.4 Å². The van der Waals surface area contributed by atoms with Gasteiger partial charge >= 0.3 is 0 Å². The predicted octanol–water partition coefficient (Wildman–Crippen LogP) is 2.04. The zero-order valence-electron chi connectivity index (χ0n) is 11.5. The molecule has 0 bridgehead atoms. The number of ether oxygens (including phenoxy) is 2. The van der Waals surface area contributed by atoms with Crippen molar-refractivity contribution in [2.45, 2.75) is 11.8 Å². The number of nitrogens with zero attached hydrogens (tertiary/aromatic N) is 2. The Balaban J connectivity index is 2.32. The number of halogens is 1. The molecule has 0 radical (unpaired) electrons. The van der Waals surface area contributed by atoms with Gasteiger partial charge in [0.15, 0.2) is 11.9 Å². The number of rotatable bonds is 2. The summed E-state index contributed by atoms with van der Waals surface area (Å²) in [7, 11) is 0. The number of aromatic amines is 1. The molecule has 6 nitrogen and oxygen atoms in total. The van der Waals surface area contributed by atoms with Crippen molar-refractivity contribution >= 4 is 11.8 Å². The maximum absolute atomic E-state index is 13.8. The number of benzene rings is 1. The van der Waals surface area contributed by atoms with Crippen LogP contribution in [-0.4, -0.2) is 23.0 Å². The van der Waals surface area contributed by atoms with Gasteiger partial charge in [0.1, 0.15) is 28.9 Å². The van der Waals surface area contributed by atoms with E-state index in [9.17, 15) is 14.4 Å². The number of nitrogens with one attached hydrogen (secondary N) is 1. The predicted molar refractivity (Wildman–Crippen MR) is 77.0 cm³/mol. The Morgan fingerprint density at radius 2 is 2.32 bits per heavy atom. The van der Waals surface area contributed by atoms with Crippen LogP contribution >= 0.6 is 11.8 Å². The Morgan fingerprint density at radius 3 is 3.05 bits per heavy atom. The number of thioether (sulfide) groups is 1. The summed E-state index contributed by atoms with van der Waals surface area (Å²) in [5.41, 5.74) is 0.144. The first kappa shape index (κ1) is 14.6. The summed E-state index contributed by atoms with van der Waals surface area (Å²) in [4.78, 5) is 18.7. The number of aromatic nitrogens is 2. The van der Waals surface area contributed by atoms with Crippen molar-refractivity contribution in [1.29, 1.82) is 5.26 Å². The van der Waals surface area contributed by atoms with Crippen molar-refractivity contribution in [2.75, 3.05) is 13.0 Å².